The molecule has 0 heterocycles. The molecule has 0 N–H and O–H groups in total. The van der Waals surface area contributed by atoms with Crippen molar-refractivity contribution < 1.29 is 4.79 Å². The Balaban J connectivity index is 0. The zero-order chi connectivity index (χ0) is 8.20. The standard InChI is InChI=1S/C9H17O.CH4/c1-5-7-8(10)9(3,4)6-2;/h1,5-7H2,2-4H3;1H4/q-1;. The summed E-state index contributed by atoms with van der Waals surface area (Å²) >= 11 is 0. The maximum Gasteiger partial charge on any atom is 0.135 e. The summed E-state index contributed by atoms with van der Waals surface area (Å²) < 4.78 is 0. The first-order valence-corrected chi connectivity index (χ1v) is 3.87. The molecule has 0 radical (unpaired) electrons. The lowest BCUT2D eigenvalue weighted by molar-refractivity contribution is -0.127. The summed E-state index contributed by atoms with van der Waals surface area (Å²) in [5, 5.41) is 0. The number of hydrogen-bond donors (Lipinski definition) is 0. The lowest BCUT2D eigenvalue weighted by Crippen LogP contribution is -2.22. The summed E-state index contributed by atoms with van der Waals surface area (Å²) in [4.78, 5) is 11.3. The first kappa shape index (κ1) is 13.3. The highest BCUT2D eigenvalue weighted by molar-refractivity contribution is 5.83. The minimum atomic E-state index is -0.127. The molecule has 11 heavy (non-hydrogen) atoms. The van der Waals surface area contributed by atoms with E-state index in [9.17, 15) is 4.79 Å². The molecule has 0 aromatic heterocycles. The topological polar surface area (TPSA) is 17.1 Å². The van der Waals surface area contributed by atoms with Crippen LogP contribution < -0.4 is 0 Å². The Morgan fingerprint density at radius 1 is 1.45 bits per heavy atom. The Bertz CT molecular complexity index is 114. The van der Waals surface area contributed by atoms with Crippen molar-refractivity contribution in [3.63, 3.8) is 0 Å². The molecule has 0 fully saturated rings. The molecule has 0 spiro atoms. The van der Waals surface area contributed by atoms with Gasteiger partial charge in [-0.3, -0.25) is 4.79 Å². The number of hydrogen-bond acceptors (Lipinski definition) is 1. The number of Topliss-reactive ketones (excluding diaryl/α,β-unsaturated/α-hetero) is 1. The van der Waals surface area contributed by atoms with Gasteiger partial charge in [-0.2, -0.15) is 6.42 Å². The first-order chi connectivity index (χ1) is 4.54. The predicted octanol–water partition coefficient (Wildman–Crippen LogP) is 3.24. The van der Waals surface area contributed by atoms with Crippen LogP contribution in [-0.4, -0.2) is 5.78 Å². The van der Waals surface area contributed by atoms with E-state index in [1.165, 1.54) is 0 Å². The molecule has 0 bridgehead atoms. The van der Waals surface area contributed by atoms with Crippen LogP contribution in [0.3, 0.4) is 0 Å². The minimum Gasteiger partial charge on any atom is -0.343 e. The highest BCUT2D eigenvalue weighted by Gasteiger charge is 2.22. The lowest BCUT2D eigenvalue weighted by Gasteiger charge is -2.20. The molecule has 0 aromatic carbocycles. The molecule has 1 nitrogen and oxygen atoms in total. The SMILES string of the molecule is C.[CH2-]CCC(=O)C(C)(C)CC. The average molecular weight is 157 g/mol. The van der Waals surface area contributed by atoms with Crippen LogP contribution in [0.25, 0.3) is 0 Å². The molecular formula is C10H21O-. The molecule has 68 valence electrons. The number of rotatable bonds is 4. The van der Waals surface area contributed by atoms with E-state index in [1.54, 1.807) is 0 Å². The molecular weight excluding hydrogens is 136 g/mol. The van der Waals surface area contributed by atoms with Crippen molar-refractivity contribution in [2.75, 3.05) is 0 Å². The molecule has 0 unspecified atom stereocenters. The van der Waals surface area contributed by atoms with Gasteiger partial charge in [0.2, 0.25) is 0 Å². The van der Waals surface area contributed by atoms with Gasteiger partial charge in [0.1, 0.15) is 5.78 Å². The maximum absolute atomic E-state index is 11.3. The normalized spacial score (nSPS) is 10.5. The van der Waals surface area contributed by atoms with Gasteiger partial charge in [0.15, 0.2) is 0 Å². The largest absolute Gasteiger partial charge is 0.343 e. The third-order valence-corrected chi connectivity index (χ3v) is 2.04. The van der Waals surface area contributed by atoms with Gasteiger partial charge in [0.05, 0.1) is 0 Å². The number of carbonyl (C=O) groups excluding carboxylic acids is 1. The highest BCUT2D eigenvalue weighted by atomic mass is 16.1. The van der Waals surface area contributed by atoms with Crippen LogP contribution in [-0.2, 0) is 4.79 Å². The molecule has 0 saturated carbocycles. The van der Waals surface area contributed by atoms with Crippen LogP contribution in [0.2, 0.25) is 0 Å². The fourth-order valence-corrected chi connectivity index (χ4v) is 0.696. The van der Waals surface area contributed by atoms with Crippen molar-refractivity contribution in [3.05, 3.63) is 6.92 Å². The predicted molar refractivity (Wildman–Crippen MR) is 50.4 cm³/mol. The summed E-state index contributed by atoms with van der Waals surface area (Å²) in [6.45, 7) is 9.68. The summed E-state index contributed by atoms with van der Waals surface area (Å²) in [6.07, 6.45) is 2.27. The van der Waals surface area contributed by atoms with Gasteiger partial charge in [-0.15, -0.1) is 0 Å². The number of ketones is 1. The number of carbonyl (C=O) groups is 1. The zero-order valence-electron chi connectivity index (χ0n) is 7.24. The van der Waals surface area contributed by atoms with Gasteiger partial charge in [-0.25, -0.2) is 0 Å². The van der Waals surface area contributed by atoms with Crippen molar-refractivity contribution in [2.24, 2.45) is 5.41 Å². The van der Waals surface area contributed by atoms with Gasteiger partial charge < -0.3 is 6.92 Å². The van der Waals surface area contributed by atoms with E-state index >= 15 is 0 Å². The third kappa shape index (κ3) is 4.18. The first-order valence-electron chi connectivity index (χ1n) is 3.87. The van der Waals surface area contributed by atoms with Gasteiger partial charge in [0.25, 0.3) is 0 Å². The highest BCUT2D eigenvalue weighted by Crippen LogP contribution is 2.22. The van der Waals surface area contributed by atoms with Crippen LogP contribution in [0, 0.1) is 12.3 Å². The van der Waals surface area contributed by atoms with Gasteiger partial charge in [-0.1, -0.05) is 28.2 Å². The monoisotopic (exact) mass is 157 g/mol. The zero-order valence-corrected chi connectivity index (χ0v) is 7.24. The molecule has 0 atom stereocenters. The molecule has 0 aromatic rings. The Morgan fingerprint density at radius 2 is 1.91 bits per heavy atom. The van der Waals surface area contributed by atoms with Crippen LogP contribution in [0.4, 0.5) is 0 Å². The third-order valence-electron chi connectivity index (χ3n) is 2.04. The molecule has 0 saturated heterocycles. The smallest absolute Gasteiger partial charge is 0.135 e. The van der Waals surface area contributed by atoms with Gasteiger partial charge in [0, 0.05) is 5.41 Å². The average Bonchev–Trinajstić information content (AvgIpc) is 1.89. The van der Waals surface area contributed by atoms with E-state index in [-0.39, 0.29) is 12.8 Å². The van der Waals surface area contributed by atoms with Crippen molar-refractivity contribution >= 4 is 5.78 Å². The molecule has 0 amide bonds. The van der Waals surface area contributed by atoms with E-state index in [0.29, 0.717) is 12.2 Å². The van der Waals surface area contributed by atoms with Gasteiger partial charge in [-0.05, 0) is 12.8 Å². The van der Waals surface area contributed by atoms with Crippen LogP contribution in [0.5, 0.6) is 0 Å². The quantitative estimate of drug-likeness (QED) is 0.572. The molecule has 1 heteroatoms. The Kier molecular flexibility index (Phi) is 6.44. The second-order valence-electron chi connectivity index (χ2n) is 3.26. The maximum atomic E-state index is 11.3. The minimum absolute atomic E-state index is 0. The summed E-state index contributed by atoms with van der Waals surface area (Å²) in [6, 6.07) is 0. The second kappa shape index (κ2) is 5.34. The van der Waals surface area contributed by atoms with Crippen molar-refractivity contribution in [1.82, 2.24) is 0 Å². The van der Waals surface area contributed by atoms with E-state index in [0.717, 1.165) is 12.8 Å². The van der Waals surface area contributed by atoms with Gasteiger partial charge >= 0.3 is 0 Å². The summed E-state index contributed by atoms with van der Waals surface area (Å²) in [5.74, 6) is 0.338. The summed E-state index contributed by atoms with van der Waals surface area (Å²) in [7, 11) is 0. The molecule has 0 aliphatic rings. The lowest BCUT2D eigenvalue weighted by atomic mass is 9.83. The van der Waals surface area contributed by atoms with Crippen LogP contribution >= 0.6 is 0 Å². The van der Waals surface area contributed by atoms with E-state index < -0.39 is 0 Å². The molecule has 0 rings (SSSR count). The van der Waals surface area contributed by atoms with Crippen molar-refractivity contribution in [3.8, 4) is 0 Å². The van der Waals surface area contributed by atoms with Crippen LogP contribution in [0.15, 0.2) is 0 Å². The Morgan fingerprint density at radius 3 is 2.18 bits per heavy atom. The fraction of sp³-hybridized carbons (Fsp3) is 0.800. The molecule has 0 aliphatic heterocycles. The Hall–Kier alpha value is -0.330. The van der Waals surface area contributed by atoms with Crippen molar-refractivity contribution in [1.29, 1.82) is 0 Å². The van der Waals surface area contributed by atoms with Crippen molar-refractivity contribution in [2.45, 2.75) is 47.5 Å². The van der Waals surface area contributed by atoms with E-state index in [1.807, 2.05) is 20.8 Å². The fourth-order valence-electron chi connectivity index (χ4n) is 0.696. The van der Waals surface area contributed by atoms with Crippen LogP contribution in [0.1, 0.15) is 47.5 Å². The molecule has 0 aliphatic carbocycles. The summed E-state index contributed by atoms with van der Waals surface area (Å²) in [5.41, 5.74) is -0.127. The van der Waals surface area contributed by atoms with E-state index in [4.69, 9.17) is 0 Å². The second-order valence-corrected chi connectivity index (χ2v) is 3.26. The Labute approximate surface area is 71.2 Å². The van der Waals surface area contributed by atoms with E-state index in [2.05, 4.69) is 6.92 Å².